The Hall–Kier alpha value is -2.14. The van der Waals surface area contributed by atoms with Crippen LogP contribution in [0.1, 0.15) is 32.4 Å². The molecule has 3 nitrogen and oxygen atoms in total. The lowest BCUT2D eigenvalue weighted by Crippen LogP contribution is -2.30. The Kier molecular flexibility index (Phi) is 5.93. The van der Waals surface area contributed by atoms with Crippen LogP contribution < -0.4 is 15.4 Å². The Balaban J connectivity index is 1.95. The summed E-state index contributed by atoms with van der Waals surface area (Å²) in [5, 5.41) is 6.82. The smallest absolute Gasteiger partial charge is 0.171 e. The van der Waals surface area contributed by atoms with Crippen molar-refractivity contribution in [2.45, 2.75) is 32.9 Å². The van der Waals surface area contributed by atoms with Crippen LogP contribution in [0.3, 0.4) is 0 Å². The molecule has 122 valence electrons. The normalized spacial score (nSPS) is 11.9. The zero-order chi connectivity index (χ0) is 16.8. The molecule has 2 N–H and O–H groups in total. The minimum atomic E-state index is -0.247. The maximum atomic E-state index is 13.0. The van der Waals surface area contributed by atoms with Crippen molar-refractivity contribution in [1.82, 2.24) is 5.32 Å². The minimum absolute atomic E-state index is 0.0225. The fourth-order valence-corrected chi connectivity index (χ4v) is 2.41. The number of hydrogen-bond acceptors (Lipinski definition) is 2. The molecule has 0 saturated carbocycles. The number of benzene rings is 2. The number of rotatable bonds is 5. The van der Waals surface area contributed by atoms with Crippen LogP contribution in [0.15, 0.2) is 48.5 Å². The highest BCUT2D eigenvalue weighted by atomic mass is 32.1. The van der Waals surface area contributed by atoms with Crippen LogP contribution in [0.25, 0.3) is 0 Å². The van der Waals surface area contributed by atoms with Gasteiger partial charge in [-0.05, 0) is 62.8 Å². The molecule has 0 fully saturated rings. The van der Waals surface area contributed by atoms with Gasteiger partial charge in [0.1, 0.15) is 11.6 Å². The summed E-state index contributed by atoms with van der Waals surface area (Å²) in [6.45, 7) is 5.94. The van der Waals surface area contributed by atoms with Crippen LogP contribution in [0.5, 0.6) is 5.75 Å². The first-order valence-electron chi connectivity index (χ1n) is 7.54. The molecule has 0 aliphatic carbocycles. The van der Waals surface area contributed by atoms with Gasteiger partial charge in [-0.25, -0.2) is 4.39 Å². The van der Waals surface area contributed by atoms with Gasteiger partial charge >= 0.3 is 0 Å². The Morgan fingerprint density at radius 1 is 1.09 bits per heavy atom. The van der Waals surface area contributed by atoms with Crippen LogP contribution in [-0.2, 0) is 0 Å². The van der Waals surface area contributed by atoms with Crippen molar-refractivity contribution in [3.8, 4) is 5.75 Å². The first kappa shape index (κ1) is 17.2. The van der Waals surface area contributed by atoms with Crippen molar-refractivity contribution in [3.05, 3.63) is 59.9 Å². The van der Waals surface area contributed by atoms with Gasteiger partial charge in [0, 0.05) is 11.8 Å². The number of hydrogen-bond donors (Lipinski definition) is 2. The largest absolute Gasteiger partial charge is 0.491 e. The van der Waals surface area contributed by atoms with Crippen molar-refractivity contribution in [3.63, 3.8) is 0 Å². The predicted octanol–water partition coefficient (Wildman–Crippen LogP) is 4.66. The highest BCUT2D eigenvalue weighted by Gasteiger charge is 2.08. The quantitative estimate of drug-likeness (QED) is 0.780. The van der Waals surface area contributed by atoms with Crippen molar-refractivity contribution in [2.24, 2.45) is 0 Å². The van der Waals surface area contributed by atoms with E-state index in [2.05, 4.69) is 10.6 Å². The molecule has 0 spiro atoms. The van der Waals surface area contributed by atoms with Gasteiger partial charge in [-0.3, -0.25) is 0 Å². The molecule has 0 aliphatic rings. The van der Waals surface area contributed by atoms with E-state index in [1.807, 2.05) is 45.0 Å². The highest BCUT2D eigenvalue weighted by molar-refractivity contribution is 7.80. The number of ether oxygens (including phenoxy) is 1. The summed E-state index contributed by atoms with van der Waals surface area (Å²) in [7, 11) is 0. The molecule has 0 saturated heterocycles. The van der Waals surface area contributed by atoms with E-state index in [0.29, 0.717) is 5.11 Å². The highest BCUT2D eigenvalue weighted by Crippen LogP contribution is 2.19. The van der Waals surface area contributed by atoms with Crippen LogP contribution >= 0.6 is 12.2 Å². The summed E-state index contributed by atoms with van der Waals surface area (Å²) >= 11 is 5.33. The number of thiocarbonyl (C=S) groups is 1. The van der Waals surface area contributed by atoms with Gasteiger partial charge < -0.3 is 15.4 Å². The topological polar surface area (TPSA) is 33.3 Å². The number of anilines is 1. The van der Waals surface area contributed by atoms with Gasteiger partial charge in [-0.1, -0.05) is 18.2 Å². The van der Waals surface area contributed by atoms with E-state index < -0.39 is 0 Å². The van der Waals surface area contributed by atoms with Crippen molar-refractivity contribution < 1.29 is 9.13 Å². The molecule has 2 rings (SSSR count). The molecule has 2 aromatic carbocycles. The summed E-state index contributed by atoms with van der Waals surface area (Å²) in [6.07, 6.45) is 0.119. The van der Waals surface area contributed by atoms with Crippen LogP contribution in [0, 0.1) is 5.82 Å². The monoisotopic (exact) mass is 332 g/mol. The lowest BCUT2D eigenvalue weighted by molar-refractivity contribution is 0.242. The lowest BCUT2D eigenvalue weighted by atomic mass is 10.1. The first-order chi connectivity index (χ1) is 10.9. The van der Waals surface area contributed by atoms with Gasteiger partial charge in [-0.2, -0.15) is 0 Å². The number of halogens is 1. The Labute approximate surface area is 141 Å². The molecule has 0 unspecified atom stereocenters. The van der Waals surface area contributed by atoms with Crippen molar-refractivity contribution in [1.29, 1.82) is 0 Å². The van der Waals surface area contributed by atoms with E-state index in [9.17, 15) is 4.39 Å². The molecule has 0 heterocycles. The molecular formula is C18H21FN2OS. The maximum Gasteiger partial charge on any atom is 0.171 e. The van der Waals surface area contributed by atoms with Crippen LogP contribution in [-0.4, -0.2) is 11.2 Å². The summed E-state index contributed by atoms with van der Waals surface area (Å²) in [4.78, 5) is 0. The molecule has 0 bridgehead atoms. The first-order valence-corrected chi connectivity index (χ1v) is 7.94. The van der Waals surface area contributed by atoms with Gasteiger partial charge in [0.15, 0.2) is 5.11 Å². The Morgan fingerprint density at radius 2 is 1.78 bits per heavy atom. The van der Waals surface area contributed by atoms with E-state index in [-0.39, 0.29) is 18.0 Å². The molecule has 23 heavy (non-hydrogen) atoms. The SMILES string of the molecule is CC(C)Oc1cccc(NC(=S)N[C@H](C)c2ccc(F)cc2)c1. The Bertz CT molecular complexity index is 658. The third-order valence-electron chi connectivity index (χ3n) is 3.18. The molecule has 0 radical (unpaired) electrons. The van der Waals surface area contributed by atoms with Crippen molar-refractivity contribution >= 4 is 23.0 Å². The summed E-state index contributed by atoms with van der Waals surface area (Å²) in [6, 6.07) is 14.0. The molecule has 0 aromatic heterocycles. The van der Waals surface area contributed by atoms with Crippen LogP contribution in [0.2, 0.25) is 0 Å². The zero-order valence-electron chi connectivity index (χ0n) is 13.5. The summed E-state index contributed by atoms with van der Waals surface area (Å²) in [5.74, 6) is 0.544. The minimum Gasteiger partial charge on any atom is -0.491 e. The van der Waals surface area contributed by atoms with Crippen molar-refractivity contribution in [2.75, 3.05) is 5.32 Å². The van der Waals surface area contributed by atoms with Crippen LogP contribution in [0.4, 0.5) is 10.1 Å². The van der Waals surface area contributed by atoms with E-state index in [1.165, 1.54) is 12.1 Å². The van der Waals surface area contributed by atoms with Gasteiger partial charge in [0.25, 0.3) is 0 Å². The second kappa shape index (κ2) is 7.92. The van der Waals surface area contributed by atoms with Gasteiger partial charge in [-0.15, -0.1) is 0 Å². The molecule has 5 heteroatoms. The predicted molar refractivity (Wildman–Crippen MR) is 96.4 cm³/mol. The summed E-state index contributed by atoms with van der Waals surface area (Å²) < 4.78 is 18.6. The average Bonchev–Trinajstić information content (AvgIpc) is 2.47. The number of nitrogens with one attached hydrogen (secondary N) is 2. The molecule has 1 atom stereocenters. The fraction of sp³-hybridized carbons (Fsp3) is 0.278. The van der Waals surface area contributed by atoms with Gasteiger partial charge in [0.05, 0.1) is 12.1 Å². The summed E-state index contributed by atoms with van der Waals surface area (Å²) in [5.41, 5.74) is 1.82. The maximum absolute atomic E-state index is 13.0. The molecule has 0 aliphatic heterocycles. The fourth-order valence-electron chi connectivity index (χ4n) is 2.12. The second-order valence-electron chi connectivity index (χ2n) is 5.57. The lowest BCUT2D eigenvalue weighted by Gasteiger charge is -2.18. The zero-order valence-corrected chi connectivity index (χ0v) is 14.3. The third kappa shape index (κ3) is 5.53. The van der Waals surface area contributed by atoms with E-state index in [0.717, 1.165) is 17.0 Å². The average molecular weight is 332 g/mol. The second-order valence-corrected chi connectivity index (χ2v) is 5.97. The third-order valence-corrected chi connectivity index (χ3v) is 3.40. The Morgan fingerprint density at radius 3 is 2.43 bits per heavy atom. The van der Waals surface area contributed by atoms with E-state index in [1.54, 1.807) is 12.1 Å². The standard InChI is InChI=1S/C18H21FN2OS/c1-12(2)22-17-6-4-5-16(11-17)21-18(23)20-13(3)14-7-9-15(19)10-8-14/h4-13H,1-3H3,(H2,20,21,23)/t13-/m1/s1. The molecule has 2 aromatic rings. The molecule has 0 amide bonds. The van der Waals surface area contributed by atoms with Gasteiger partial charge in [0.2, 0.25) is 0 Å². The van der Waals surface area contributed by atoms with E-state index >= 15 is 0 Å². The molecular weight excluding hydrogens is 311 g/mol. The van der Waals surface area contributed by atoms with E-state index in [4.69, 9.17) is 17.0 Å².